The number of fused-ring (bicyclic) bond motifs is 1. The number of hydrogen-bond donors (Lipinski definition) is 0. The molecule has 164 valence electrons. The van der Waals surface area contributed by atoms with E-state index in [4.69, 9.17) is 4.84 Å². The summed E-state index contributed by atoms with van der Waals surface area (Å²) in [5.41, 5.74) is 4.41. The maximum absolute atomic E-state index is 13.8. The molecule has 3 aromatic carbocycles. The lowest BCUT2D eigenvalue weighted by atomic mass is 9.86. The highest BCUT2D eigenvalue weighted by molar-refractivity contribution is 6.03. The van der Waals surface area contributed by atoms with Gasteiger partial charge in [0.2, 0.25) is 0 Å². The summed E-state index contributed by atoms with van der Waals surface area (Å²) < 4.78 is 0. The lowest BCUT2D eigenvalue weighted by molar-refractivity contribution is -0.384. The molecule has 0 aromatic heterocycles. The van der Waals surface area contributed by atoms with Crippen LogP contribution in [0.5, 0.6) is 0 Å². The van der Waals surface area contributed by atoms with E-state index in [0.717, 1.165) is 16.8 Å². The average Bonchev–Trinajstić information content (AvgIpc) is 3.40. The van der Waals surface area contributed by atoms with E-state index in [1.54, 1.807) is 5.06 Å². The molecule has 1 saturated heterocycles. The number of hydroxylamine groups is 1. The van der Waals surface area contributed by atoms with E-state index in [1.165, 1.54) is 29.8 Å². The predicted molar refractivity (Wildman–Crippen MR) is 127 cm³/mol. The molecule has 2 aliphatic rings. The Hall–Kier alpha value is -4.03. The van der Waals surface area contributed by atoms with Crippen LogP contribution in [0.25, 0.3) is 6.08 Å². The Balaban J connectivity index is 1.54. The highest BCUT2D eigenvalue weighted by atomic mass is 16.7. The summed E-state index contributed by atoms with van der Waals surface area (Å²) >= 11 is 0. The number of anilines is 1. The number of benzene rings is 3. The molecule has 6 nitrogen and oxygen atoms in total. The number of hydrogen-bond acceptors (Lipinski definition) is 5. The minimum atomic E-state index is -0.606. The molecular weight excluding hydrogens is 416 g/mol. The fourth-order valence-corrected chi connectivity index (χ4v) is 4.42. The smallest absolute Gasteiger partial charge is 0.269 e. The molecule has 0 spiro atoms. The molecule has 6 heteroatoms. The van der Waals surface area contributed by atoms with Gasteiger partial charge in [0.05, 0.1) is 10.6 Å². The Morgan fingerprint density at radius 3 is 2.36 bits per heavy atom. The van der Waals surface area contributed by atoms with Gasteiger partial charge in [-0.2, -0.15) is 0 Å². The van der Waals surface area contributed by atoms with Crippen molar-refractivity contribution in [2.24, 2.45) is 5.92 Å². The predicted octanol–water partition coefficient (Wildman–Crippen LogP) is 5.54. The molecule has 0 radical (unpaired) electrons. The van der Waals surface area contributed by atoms with Gasteiger partial charge >= 0.3 is 0 Å². The number of aryl methyl sites for hydroxylation is 1. The zero-order chi connectivity index (χ0) is 22.9. The first kappa shape index (κ1) is 20.8. The van der Waals surface area contributed by atoms with Gasteiger partial charge < -0.3 is 0 Å². The van der Waals surface area contributed by atoms with Crippen molar-refractivity contribution in [3.63, 3.8) is 0 Å². The van der Waals surface area contributed by atoms with Crippen molar-refractivity contribution in [2.75, 3.05) is 5.06 Å². The first-order valence-corrected chi connectivity index (χ1v) is 10.8. The first-order chi connectivity index (χ1) is 16.0. The number of Topliss-reactive ketones (excluding diaryl/α,β-unsaturated/α-hetero) is 1. The van der Waals surface area contributed by atoms with Gasteiger partial charge in [-0.1, -0.05) is 66.3 Å². The Kier molecular flexibility index (Phi) is 5.36. The van der Waals surface area contributed by atoms with Crippen molar-refractivity contribution in [2.45, 2.75) is 19.1 Å². The molecule has 1 heterocycles. The molecular formula is C27H22N2O4. The summed E-state index contributed by atoms with van der Waals surface area (Å²) in [5.74, 6) is -0.339. The van der Waals surface area contributed by atoms with Crippen molar-refractivity contribution < 1.29 is 14.6 Å². The molecule has 33 heavy (non-hydrogen) atoms. The van der Waals surface area contributed by atoms with Crippen LogP contribution in [-0.4, -0.2) is 22.9 Å². The average molecular weight is 438 g/mol. The SMILES string of the molecule is Cc1ccc(/C=C2\C=C[C@H]3ON(c4ccccc4)[C@H](C(=O)c4ccc([N+](=O)[O-])cc4)[C@@H]23)cc1. The Morgan fingerprint density at radius 2 is 1.70 bits per heavy atom. The van der Waals surface area contributed by atoms with Crippen molar-refractivity contribution in [1.29, 1.82) is 0 Å². The molecule has 1 aliphatic carbocycles. The number of carbonyl (C=O) groups is 1. The summed E-state index contributed by atoms with van der Waals surface area (Å²) in [6.07, 6.45) is 5.83. The van der Waals surface area contributed by atoms with Gasteiger partial charge in [-0.25, -0.2) is 5.06 Å². The topological polar surface area (TPSA) is 72.7 Å². The van der Waals surface area contributed by atoms with Crippen LogP contribution in [-0.2, 0) is 4.84 Å². The number of rotatable bonds is 5. The van der Waals surface area contributed by atoms with Crippen molar-refractivity contribution >= 4 is 23.2 Å². The first-order valence-electron chi connectivity index (χ1n) is 10.8. The monoisotopic (exact) mass is 438 g/mol. The number of nitro groups is 1. The van der Waals surface area contributed by atoms with Crippen LogP contribution in [0.1, 0.15) is 21.5 Å². The van der Waals surface area contributed by atoms with Crippen LogP contribution in [0.15, 0.2) is 96.6 Å². The van der Waals surface area contributed by atoms with Gasteiger partial charge in [-0.15, -0.1) is 0 Å². The van der Waals surface area contributed by atoms with Crippen LogP contribution in [0.3, 0.4) is 0 Å². The van der Waals surface area contributed by atoms with Gasteiger partial charge in [0.15, 0.2) is 5.78 Å². The summed E-state index contributed by atoms with van der Waals surface area (Å²) in [7, 11) is 0. The van der Waals surface area contributed by atoms with E-state index < -0.39 is 11.0 Å². The third-order valence-electron chi connectivity index (χ3n) is 6.10. The molecule has 0 unspecified atom stereocenters. The maximum Gasteiger partial charge on any atom is 0.269 e. The highest BCUT2D eigenvalue weighted by Crippen LogP contribution is 2.43. The van der Waals surface area contributed by atoms with Crippen molar-refractivity contribution in [1.82, 2.24) is 0 Å². The number of carbonyl (C=O) groups excluding carboxylic acids is 1. The molecule has 3 atom stereocenters. The molecule has 0 bridgehead atoms. The summed E-state index contributed by atoms with van der Waals surface area (Å²) in [5, 5.41) is 12.7. The number of allylic oxidation sites excluding steroid dienone is 1. The second kappa shape index (κ2) is 8.48. The zero-order valence-electron chi connectivity index (χ0n) is 18.0. The molecule has 0 N–H and O–H groups in total. The number of para-hydroxylation sites is 1. The van der Waals surface area contributed by atoms with Crippen LogP contribution < -0.4 is 5.06 Å². The normalized spacial score (nSPS) is 22.5. The van der Waals surface area contributed by atoms with E-state index in [2.05, 4.69) is 30.3 Å². The standard InChI is InChI=1S/C27H22N2O4/c1-18-7-9-19(10-8-18)17-21-13-16-24-25(21)26(28(33-24)22-5-3-2-4-6-22)27(30)20-11-14-23(15-12-20)29(31)32/h2-17,24-26H,1H3/b21-17+/t24-,25+,26+/m1/s1. The number of nitro benzene ring substituents is 1. The Bertz CT molecular complexity index is 1250. The molecule has 3 aromatic rings. The van der Waals surface area contributed by atoms with Crippen molar-refractivity contribution in [3.8, 4) is 0 Å². The van der Waals surface area contributed by atoms with E-state index in [9.17, 15) is 14.9 Å². The van der Waals surface area contributed by atoms with Gasteiger partial charge in [-0.05, 0) is 42.3 Å². The second-order valence-electron chi connectivity index (χ2n) is 8.28. The van der Waals surface area contributed by atoms with Crippen LogP contribution in [0.4, 0.5) is 11.4 Å². The molecule has 1 fully saturated rings. The summed E-state index contributed by atoms with van der Waals surface area (Å²) in [4.78, 5) is 30.6. The van der Waals surface area contributed by atoms with E-state index in [0.29, 0.717) is 5.56 Å². The fraction of sp³-hybridized carbons (Fsp3) is 0.148. The van der Waals surface area contributed by atoms with E-state index >= 15 is 0 Å². The zero-order valence-corrected chi connectivity index (χ0v) is 18.0. The summed E-state index contributed by atoms with van der Waals surface area (Å²) in [6, 6.07) is 22.9. The van der Waals surface area contributed by atoms with E-state index in [-0.39, 0.29) is 23.5 Å². The Morgan fingerprint density at radius 1 is 1.00 bits per heavy atom. The van der Waals surface area contributed by atoms with Crippen LogP contribution >= 0.6 is 0 Å². The lowest BCUT2D eigenvalue weighted by Crippen LogP contribution is -2.40. The maximum atomic E-state index is 13.8. The van der Waals surface area contributed by atoms with Crippen molar-refractivity contribution in [3.05, 3.63) is 123 Å². The highest BCUT2D eigenvalue weighted by Gasteiger charge is 2.50. The minimum Gasteiger partial charge on any atom is -0.292 e. The fourth-order valence-electron chi connectivity index (χ4n) is 4.42. The third kappa shape index (κ3) is 3.97. The molecule has 1 aliphatic heterocycles. The third-order valence-corrected chi connectivity index (χ3v) is 6.10. The van der Waals surface area contributed by atoms with E-state index in [1.807, 2.05) is 49.4 Å². The molecule has 0 saturated carbocycles. The van der Waals surface area contributed by atoms with Gasteiger partial charge in [0, 0.05) is 23.6 Å². The number of ketones is 1. The second-order valence-corrected chi connectivity index (χ2v) is 8.28. The molecule has 0 amide bonds. The number of non-ortho nitro benzene ring substituents is 1. The molecule has 5 rings (SSSR count). The quantitative estimate of drug-likeness (QED) is 0.297. The van der Waals surface area contributed by atoms with Gasteiger partial charge in [-0.3, -0.25) is 19.7 Å². The van der Waals surface area contributed by atoms with Gasteiger partial charge in [0.1, 0.15) is 12.1 Å². The van der Waals surface area contributed by atoms with Crippen LogP contribution in [0.2, 0.25) is 0 Å². The summed E-state index contributed by atoms with van der Waals surface area (Å²) in [6.45, 7) is 2.05. The Labute approximate surface area is 191 Å². The van der Waals surface area contributed by atoms with Gasteiger partial charge in [0.25, 0.3) is 5.69 Å². The lowest BCUT2D eigenvalue weighted by Gasteiger charge is -2.26. The number of nitrogens with zero attached hydrogens (tertiary/aromatic N) is 2. The largest absolute Gasteiger partial charge is 0.292 e. The van der Waals surface area contributed by atoms with Crippen LogP contribution in [0, 0.1) is 23.0 Å². The minimum absolute atomic E-state index is 0.0468.